The summed E-state index contributed by atoms with van der Waals surface area (Å²) in [5.74, 6) is -2.23. The second kappa shape index (κ2) is 8.47. The standard InChI is InChI=1S/C22H18F4O3S/c1-2-3-15-4-6-16(7-5-15)17-8-10-18(11-9-17)19-12-13-21(20(23)14-19)29-30(27,28)22(24,25)26/h4-14H,2-3H2,1H3. The van der Waals surface area contributed by atoms with Gasteiger partial charge >= 0.3 is 15.6 Å². The highest BCUT2D eigenvalue weighted by atomic mass is 32.2. The first-order valence-corrected chi connectivity index (χ1v) is 10.5. The average molecular weight is 438 g/mol. The van der Waals surface area contributed by atoms with Crippen LogP contribution in [0.15, 0.2) is 66.7 Å². The van der Waals surface area contributed by atoms with Gasteiger partial charge in [0.15, 0.2) is 11.6 Å². The Balaban J connectivity index is 1.80. The molecule has 0 atom stereocenters. The van der Waals surface area contributed by atoms with Crippen LogP contribution in [0, 0.1) is 5.82 Å². The molecule has 8 heteroatoms. The van der Waals surface area contributed by atoms with Crippen LogP contribution in [0.4, 0.5) is 17.6 Å². The van der Waals surface area contributed by atoms with Crippen LogP contribution < -0.4 is 4.18 Å². The molecular weight excluding hydrogens is 420 g/mol. The Morgan fingerprint density at radius 2 is 1.27 bits per heavy atom. The molecule has 0 N–H and O–H groups in total. The van der Waals surface area contributed by atoms with E-state index < -0.39 is 27.2 Å². The lowest BCUT2D eigenvalue weighted by molar-refractivity contribution is -0.0500. The molecule has 3 aromatic rings. The molecule has 0 saturated carbocycles. The van der Waals surface area contributed by atoms with Gasteiger partial charge in [-0.3, -0.25) is 0 Å². The molecule has 0 aliphatic carbocycles. The maximum absolute atomic E-state index is 14.1. The largest absolute Gasteiger partial charge is 0.534 e. The van der Waals surface area contributed by atoms with Gasteiger partial charge < -0.3 is 4.18 Å². The van der Waals surface area contributed by atoms with Crippen molar-refractivity contribution in [3.05, 3.63) is 78.1 Å². The van der Waals surface area contributed by atoms with E-state index in [2.05, 4.69) is 23.2 Å². The molecule has 0 aliphatic heterocycles. The summed E-state index contributed by atoms with van der Waals surface area (Å²) in [7, 11) is -5.93. The van der Waals surface area contributed by atoms with E-state index in [1.807, 2.05) is 24.3 Å². The fourth-order valence-electron chi connectivity index (χ4n) is 2.92. The Kier molecular flexibility index (Phi) is 6.17. The minimum Gasteiger partial charge on any atom is -0.373 e. The van der Waals surface area contributed by atoms with Gasteiger partial charge in [0.05, 0.1) is 0 Å². The quantitative estimate of drug-likeness (QED) is 0.256. The van der Waals surface area contributed by atoms with Gasteiger partial charge in [-0.25, -0.2) is 4.39 Å². The normalized spacial score (nSPS) is 12.0. The highest BCUT2D eigenvalue weighted by Gasteiger charge is 2.48. The molecule has 158 valence electrons. The van der Waals surface area contributed by atoms with Gasteiger partial charge in [0.2, 0.25) is 0 Å². The summed E-state index contributed by atoms with van der Waals surface area (Å²) >= 11 is 0. The van der Waals surface area contributed by atoms with Crippen molar-refractivity contribution >= 4 is 10.1 Å². The van der Waals surface area contributed by atoms with Crippen molar-refractivity contribution in [3.63, 3.8) is 0 Å². The lowest BCUT2D eigenvalue weighted by atomic mass is 9.99. The molecule has 0 radical (unpaired) electrons. The third-order valence-corrected chi connectivity index (χ3v) is 5.42. The zero-order valence-electron chi connectivity index (χ0n) is 15.9. The molecule has 0 unspecified atom stereocenters. The van der Waals surface area contributed by atoms with Crippen molar-refractivity contribution in [3.8, 4) is 28.0 Å². The minimum absolute atomic E-state index is 0.370. The van der Waals surface area contributed by atoms with E-state index in [9.17, 15) is 26.0 Å². The van der Waals surface area contributed by atoms with Crippen LogP contribution in [-0.2, 0) is 16.5 Å². The number of alkyl halides is 3. The Labute approximate surface area is 172 Å². The van der Waals surface area contributed by atoms with Crippen molar-refractivity contribution in [1.82, 2.24) is 0 Å². The fraction of sp³-hybridized carbons (Fsp3) is 0.182. The molecule has 30 heavy (non-hydrogen) atoms. The highest BCUT2D eigenvalue weighted by Crippen LogP contribution is 2.31. The van der Waals surface area contributed by atoms with E-state index in [1.165, 1.54) is 11.6 Å². The number of halogens is 4. The van der Waals surface area contributed by atoms with Crippen LogP contribution in [-0.4, -0.2) is 13.9 Å². The molecule has 3 rings (SSSR count). The highest BCUT2D eigenvalue weighted by molar-refractivity contribution is 7.88. The van der Waals surface area contributed by atoms with Gasteiger partial charge in [-0.05, 0) is 46.4 Å². The van der Waals surface area contributed by atoms with Gasteiger partial charge in [-0.15, -0.1) is 0 Å². The Hall–Kier alpha value is -2.87. The lowest BCUT2D eigenvalue weighted by Crippen LogP contribution is -2.28. The smallest absolute Gasteiger partial charge is 0.373 e. The molecule has 0 fully saturated rings. The van der Waals surface area contributed by atoms with Gasteiger partial charge in [-0.1, -0.05) is 67.9 Å². The topological polar surface area (TPSA) is 43.4 Å². The summed E-state index contributed by atoms with van der Waals surface area (Å²) in [6, 6.07) is 18.4. The summed E-state index contributed by atoms with van der Waals surface area (Å²) in [5.41, 5.74) is -1.42. The fourth-order valence-corrected chi connectivity index (χ4v) is 3.39. The third kappa shape index (κ3) is 4.81. The van der Waals surface area contributed by atoms with Crippen LogP contribution >= 0.6 is 0 Å². The summed E-state index contributed by atoms with van der Waals surface area (Å²) in [6.07, 6.45) is 2.07. The first-order valence-electron chi connectivity index (χ1n) is 9.11. The molecule has 0 heterocycles. The first kappa shape index (κ1) is 21.8. The van der Waals surface area contributed by atoms with E-state index in [4.69, 9.17) is 0 Å². The maximum Gasteiger partial charge on any atom is 0.534 e. The maximum atomic E-state index is 14.1. The van der Waals surface area contributed by atoms with Gasteiger partial charge in [0.1, 0.15) is 0 Å². The van der Waals surface area contributed by atoms with E-state index >= 15 is 0 Å². The summed E-state index contributed by atoms with van der Waals surface area (Å²) < 4.78 is 77.3. The van der Waals surface area contributed by atoms with Crippen LogP contribution in [0.3, 0.4) is 0 Å². The van der Waals surface area contributed by atoms with Crippen LogP contribution in [0.1, 0.15) is 18.9 Å². The number of benzene rings is 3. The average Bonchev–Trinajstić information content (AvgIpc) is 2.69. The van der Waals surface area contributed by atoms with Crippen LogP contribution in [0.25, 0.3) is 22.3 Å². The van der Waals surface area contributed by atoms with E-state index in [-0.39, 0.29) is 0 Å². The molecular formula is C22H18F4O3S. The molecule has 3 nitrogen and oxygen atoms in total. The first-order chi connectivity index (χ1) is 14.1. The van der Waals surface area contributed by atoms with Crippen molar-refractivity contribution in [2.24, 2.45) is 0 Å². The predicted octanol–water partition coefficient (Wildman–Crippen LogP) is 6.34. The third-order valence-electron chi connectivity index (χ3n) is 4.46. The predicted molar refractivity (Wildman–Crippen MR) is 107 cm³/mol. The van der Waals surface area contributed by atoms with E-state index in [0.717, 1.165) is 36.1 Å². The second-order valence-corrected chi connectivity index (χ2v) is 8.19. The monoisotopic (exact) mass is 438 g/mol. The van der Waals surface area contributed by atoms with E-state index in [0.29, 0.717) is 11.1 Å². The van der Waals surface area contributed by atoms with Crippen LogP contribution in [0.5, 0.6) is 5.75 Å². The van der Waals surface area contributed by atoms with Crippen molar-refractivity contribution in [2.45, 2.75) is 25.3 Å². The van der Waals surface area contributed by atoms with Crippen LogP contribution in [0.2, 0.25) is 0 Å². The van der Waals surface area contributed by atoms with Gasteiger partial charge in [0.25, 0.3) is 0 Å². The summed E-state index contributed by atoms with van der Waals surface area (Å²) in [5, 5.41) is 0. The molecule has 0 amide bonds. The molecule has 0 saturated heterocycles. The number of hydrogen-bond donors (Lipinski definition) is 0. The molecule has 0 bridgehead atoms. The SMILES string of the molecule is CCCc1ccc(-c2ccc(-c3ccc(OS(=O)(=O)C(F)(F)F)c(F)c3)cc2)cc1. The lowest BCUT2D eigenvalue weighted by Gasteiger charge is -2.11. The Morgan fingerprint density at radius 3 is 1.73 bits per heavy atom. The molecule has 0 spiro atoms. The summed E-state index contributed by atoms with van der Waals surface area (Å²) in [6.45, 7) is 2.11. The molecule has 3 aromatic carbocycles. The summed E-state index contributed by atoms with van der Waals surface area (Å²) in [4.78, 5) is 0. The minimum atomic E-state index is -5.93. The van der Waals surface area contributed by atoms with Crippen molar-refractivity contribution in [2.75, 3.05) is 0 Å². The van der Waals surface area contributed by atoms with Gasteiger partial charge in [0, 0.05) is 0 Å². The molecule has 0 aromatic heterocycles. The Bertz CT molecular complexity index is 1120. The number of hydrogen-bond acceptors (Lipinski definition) is 3. The molecule has 0 aliphatic rings. The van der Waals surface area contributed by atoms with Crippen molar-refractivity contribution in [1.29, 1.82) is 0 Å². The number of aryl methyl sites for hydroxylation is 1. The van der Waals surface area contributed by atoms with E-state index in [1.54, 1.807) is 12.1 Å². The zero-order chi connectivity index (χ0) is 21.9. The van der Waals surface area contributed by atoms with Crippen molar-refractivity contribution < 1.29 is 30.2 Å². The van der Waals surface area contributed by atoms with Gasteiger partial charge in [-0.2, -0.15) is 21.6 Å². The zero-order valence-corrected chi connectivity index (χ0v) is 16.7. The Morgan fingerprint density at radius 1 is 0.800 bits per heavy atom. The number of rotatable bonds is 6. The second-order valence-electron chi connectivity index (χ2n) is 6.65.